The average Bonchev–Trinajstić information content (AvgIpc) is 2.46. The molecule has 0 spiro atoms. The van der Waals surface area contributed by atoms with Gasteiger partial charge in [0.05, 0.1) is 0 Å². The van der Waals surface area contributed by atoms with Gasteiger partial charge in [-0.3, -0.25) is 0 Å². The van der Waals surface area contributed by atoms with Crippen molar-refractivity contribution in [2.24, 2.45) is 5.92 Å². The van der Waals surface area contributed by atoms with Crippen molar-refractivity contribution in [3.05, 3.63) is 29.0 Å². The summed E-state index contributed by atoms with van der Waals surface area (Å²) < 4.78 is 41.2. The minimum absolute atomic E-state index is 0.0348. The third-order valence-electron chi connectivity index (χ3n) is 4.67. The fourth-order valence-electron chi connectivity index (χ4n) is 3.69. The van der Waals surface area contributed by atoms with E-state index < -0.39 is 15.8 Å². The Morgan fingerprint density at radius 1 is 1.14 bits per heavy atom. The summed E-state index contributed by atoms with van der Waals surface area (Å²) in [4.78, 5) is -0.252. The van der Waals surface area contributed by atoms with Gasteiger partial charge in [0.25, 0.3) is 0 Å². The van der Waals surface area contributed by atoms with Gasteiger partial charge >= 0.3 is 0 Å². The molecule has 0 radical (unpaired) electrons. The molecule has 2 fully saturated rings. The highest BCUT2D eigenvalue weighted by molar-refractivity contribution is 7.89. The van der Waals surface area contributed by atoms with Crippen LogP contribution in [0, 0.1) is 11.7 Å². The first kappa shape index (κ1) is 15.3. The quantitative estimate of drug-likeness (QED) is 0.826. The molecular weight excluding hydrogens is 313 g/mol. The Morgan fingerprint density at radius 3 is 2.62 bits per heavy atom. The highest BCUT2D eigenvalue weighted by Gasteiger charge is 2.40. The molecule has 0 N–H and O–H groups in total. The van der Waals surface area contributed by atoms with Crippen molar-refractivity contribution < 1.29 is 12.8 Å². The molecular formula is C15H19ClFNO2S. The maximum atomic E-state index is 14.0. The lowest BCUT2D eigenvalue weighted by Crippen LogP contribution is -2.49. The van der Waals surface area contributed by atoms with Crippen LogP contribution in [0.25, 0.3) is 0 Å². The maximum Gasteiger partial charge on any atom is 0.246 e. The highest BCUT2D eigenvalue weighted by Crippen LogP contribution is 2.38. The Kier molecular flexibility index (Phi) is 4.26. The molecule has 1 heterocycles. The summed E-state index contributed by atoms with van der Waals surface area (Å²) in [6.07, 6.45) is 6.13. The molecule has 3 nitrogen and oxygen atoms in total. The molecule has 1 saturated heterocycles. The second kappa shape index (κ2) is 5.86. The van der Waals surface area contributed by atoms with Gasteiger partial charge in [-0.2, -0.15) is 4.31 Å². The standard InChI is InChI=1S/C15H19ClFNO2S/c16-12-7-8-15(13(17)10-12)21(19,20)18-9-3-5-11-4-1-2-6-14(11)18/h7-8,10-11,14H,1-6,9H2/t11-,14+/m1/s1. The number of piperidine rings is 1. The fraction of sp³-hybridized carbons (Fsp3) is 0.600. The third kappa shape index (κ3) is 2.83. The van der Waals surface area contributed by atoms with E-state index >= 15 is 0 Å². The molecule has 3 rings (SSSR count). The largest absolute Gasteiger partial charge is 0.246 e. The van der Waals surface area contributed by atoms with Crippen molar-refractivity contribution in [2.75, 3.05) is 6.54 Å². The Balaban J connectivity index is 1.96. The molecule has 1 aromatic rings. The van der Waals surface area contributed by atoms with Crippen molar-refractivity contribution in [1.29, 1.82) is 0 Å². The minimum atomic E-state index is -3.78. The van der Waals surface area contributed by atoms with Gasteiger partial charge in [-0.15, -0.1) is 0 Å². The summed E-state index contributed by atoms with van der Waals surface area (Å²) in [5, 5.41) is 0.209. The number of halogens is 2. The van der Waals surface area contributed by atoms with Crippen LogP contribution < -0.4 is 0 Å². The van der Waals surface area contributed by atoms with Crippen LogP contribution in [0.15, 0.2) is 23.1 Å². The Labute approximate surface area is 130 Å². The zero-order valence-corrected chi connectivity index (χ0v) is 13.3. The van der Waals surface area contributed by atoms with Gasteiger partial charge in [0.1, 0.15) is 10.7 Å². The summed E-state index contributed by atoms with van der Waals surface area (Å²) >= 11 is 5.72. The highest BCUT2D eigenvalue weighted by atomic mass is 35.5. The first-order chi connectivity index (χ1) is 10.00. The van der Waals surface area contributed by atoms with Gasteiger partial charge < -0.3 is 0 Å². The van der Waals surface area contributed by atoms with E-state index in [-0.39, 0.29) is 16.0 Å². The predicted octanol–water partition coefficient (Wildman–Crippen LogP) is 3.82. The SMILES string of the molecule is O=S(=O)(c1ccc(Cl)cc1F)N1CCC[C@H]2CCCC[C@@H]21. The molecule has 1 aliphatic carbocycles. The molecule has 2 aliphatic rings. The number of rotatable bonds is 2. The minimum Gasteiger partial charge on any atom is -0.207 e. The molecule has 1 aliphatic heterocycles. The van der Waals surface area contributed by atoms with Crippen LogP contribution in [0.2, 0.25) is 5.02 Å². The lowest BCUT2D eigenvalue weighted by Gasteiger charge is -2.43. The predicted molar refractivity (Wildman–Crippen MR) is 80.3 cm³/mol. The molecule has 0 bridgehead atoms. The first-order valence-corrected chi connectivity index (χ1v) is 9.29. The van der Waals surface area contributed by atoms with E-state index in [1.54, 1.807) is 0 Å². The third-order valence-corrected chi connectivity index (χ3v) is 6.87. The Morgan fingerprint density at radius 2 is 1.86 bits per heavy atom. The lowest BCUT2D eigenvalue weighted by molar-refractivity contribution is 0.129. The van der Waals surface area contributed by atoms with Gasteiger partial charge in [-0.05, 0) is 49.8 Å². The molecule has 21 heavy (non-hydrogen) atoms. The zero-order chi connectivity index (χ0) is 15.0. The molecule has 1 saturated carbocycles. The molecule has 0 unspecified atom stereocenters. The van der Waals surface area contributed by atoms with Crippen LogP contribution in [0.3, 0.4) is 0 Å². The van der Waals surface area contributed by atoms with E-state index in [0.717, 1.165) is 38.2 Å². The number of hydrogen-bond acceptors (Lipinski definition) is 2. The van der Waals surface area contributed by atoms with Crippen molar-refractivity contribution in [1.82, 2.24) is 4.31 Å². The van der Waals surface area contributed by atoms with Crippen LogP contribution in [0.1, 0.15) is 38.5 Å². The van der Waals surface area contributed by atoms with Gasteiger partial charge in [-0.1, -0.05) is 24.4 Å². The summed E-state index contributed by atoms with van der Waals surface area (Å²) in [6.45, 7) is 0.492. The molecule has 2 atom stereocenters. The Bertz CT molecular complexity index is 633. The number of sulfonamides is 1. The van der Waals surface area contributed by atoms with Gasteiger partial charge in [0.2, 0.25) is 10.0 Å². The second-order valence-corrected chi connectivity index (χ2v) is 8.24. The molecule has 1 aromatic carbocycles. The van der Waals surface area contributed by atoms with Crippen LogP contribution in [-0.2, 0) is 10.0 Å². The summed E-state index contributed by atoms with van der Waals surface area (Å²) in [6, 6.07) is 3.81. The van der Waals surface area contributed by atoms with Crippen LogP contribution in [-0.4, -0.2) is 25.3 Å². The average molecular weight is 332 g/mol. The van der Waals surface area contributed by atoms with Gasteiger partial charge in [0, 0.05) is 17.6 Å². The first-order valence-electron chi connectivity index (χ1n) is 7.47. The fourth-order valence-corrected chi connectivity index (χ4v) is 5.65. The second-order valence-electron chi connectivity index (χ2n) is 5.94. The lowest BCUT2D eigenvalue weighted by atomic mass is 9.79. The van der Waals surface area contributed by atoms with Crippen molar-refractivity contribution >= 4 is 21.6 Å². The Hall–Kier alpha value is -0.650. The number of fused-ring (bicyclic) bond motifs is 1. The summed E-state index contributed by atoms with van der Waals surface area (Å²) in [5.41, 5.74) is 0. The van der Waals surface area contributed by atoms with E-state index in [1.807, 2.05) is 0 Å². The zero-order valence-electron chi connectivity index (χ0n) is 11.8. The topological polar surface area (TPSA) is 37.4 Å². The smallest absolute Gasteiger partial charge is 0.207 e. The molecule has 0 amide bonds. The van der Waals surface area contributed by atoms with Crippen molar-refractivity contribution in [2.45, 2.75) is 49.5 Å². The van der Waals surface area contributed by atoms with E-state index in [0.29, 0.717) is 12.5 Å². The maximum absolute atomic E-state index is 14.0. The van der Waals surface area contributed by atoms with Gasteiger partial charge in [-0.25, -0.2) is 12.8 Å². The summed E-state index contributed by atoms with van der Waals surface area (Å²) in [5.74, 6) is -0.335. The van der Waals surface area contributed by atoms with E-state index in [1.165, 1.54) is 22.9 Å². The summed E-state index contributed by atoms with van der Waals surface area (Å²) in [7, 11) is -3.78. The molecule has 116 valence electrons. The van der Waals surface area contributed by atoms with Crippen molar-refractivity contribution in [3.63, 3.8) is 0 Å². The number of nitrogens with zero attached hydrogens (tertiary/aromatic N) is 1. The van der Waals surface area contributed by atoms with E-state index in [9.17, 15) is 12.8 Å². The normalized spacial score (nSPS) is 27.3. The van der Waals surface area contributed by atoms with E-state index in [4.69, 9.17) is 11.6 Å². The van der Waals surface area contributed by atoms with Crippen LogP contribution >= 0.6 is 11.6 Å². The molecule has 0 aromatic heterocycles. The monoisotopic (exact) mass is 331 g/mol. The van der Waals surface area contributed by atoms with Crippen molar-refractivity contribution in [3.8, 4) is 0 Å². The molecule has 6 heteroatoms. The van der Waals surface area contributed by atoms with Crippen LogP contribution in [0.5, 0.6) is 0 Å². The van der Waals surface area contributed by atoms with Crippen LogP contribution in [0.4, 0.5) is 4.39 Å². The van der Waals surface area contributed by atoms with Gasteiger partial charge in [0.15, 0.2) is 0 Å². The number of hydrogen-bond donors (Lipinski definition) is 0. The van der Waals surface area contributed by atoms with E-state index in [2.05, 4.69) is 0 Å². The number of benzene rings is 1.